The van der Waals surface area contributed by atoms with Gasteiger partial charge in [-0.05, 0) is 17.5 Å². The molecule has 5 aromatic rings. The summed E-state index contributed by atoms with van der Waals surface area (Å²) in [6.45, 7) is 0. The molecule has 0 aliphatic carbocycles. The molecular weight excluding hydrogens is 462 g/mol. The Morgan fingerprint density at radius 1 is 0.917 bits per heavy atom. The van der Waals surface area contributed by atoms with Crippen molar-refractivity contribution in [2.24, 2.45) is 7.05 Å². The Labute approximate surface area is 203 Å². The summed E-state index contributed by atoms with van der Waals surface area (Å²) in [5.41, 5.74) is 0.758. The van der Waals surface area contributed by atoms with Crippen LogP contribution in [0.25, 0.3) is 33.2 Å². The van der Waals surface area contributed by atoms with Gasteiger partial charge in [0.15, 0.2) is 16.9 Å². The molecule has 1 atom stereocenters. The van der Waals surface area contributed by atoms with E-state index in [2.05, 4.69) is 0 Å². The number of rotatable bonds is 2. The number of hydrogen-bond donors (Lipinski definition) is 2. The smallest absolute Gasteiger partial charge is 0.312 e. The zero-order valence-electron chi connectivity index (χ0n) is 19.0. The highest BCUT2D eigenvalue weighted by Gasteiger charge is 2.38. The average molecular weight is 481 g/mol. The summed E-state index contributed by atoms with van der Waals surface area (Å²) < 4.78 is 12.9. The number of nitrogens with zero attached hydrogens (tertiary/aromatic N) is 1. The third kappa shape index (κ3) is 3.11. The lowest BCUT2D eigenvalue weighted by molar-refractivity contribution is -0.135. The van der Waals surface area contributed by atoms with Crippen LogP contribution >= 0.6 is 0 Å². The minimum atomic E-state index is -0.896. The third-order valence-electron chi connectivity index (χ3n) is 6.64. The Morgan fingerprint density at radius 3 is 2.42 bits per heavy atom. The molecular formula is C28H19NO7. The van der Waals surface area contributed by atoms with Crippen LogP contribution in [0.5, 0.6) is 17.2 Å². The number of carbonyl (C=O) groups excluding carboxylic acids is 1. The van der Waals surface area contributed by atoms with Gasteiger partial charge >= 0.3 is 5.97 Å². The number of phenols is 2. The van der Waals surface area contributed by atoms with Gasteiger partial charge in [-0.3, -0.25) is 14.4 Å². The number of fused-ring (bicyclic) bond motifs is 4. The van der Waals surface area contributed by atoms with E-state index in [0.717, 1.165) is 5.39 Å². The summed E-state index contributed by atoms with van der Waals surface area (Å²) in [6.07, 6.45) is -0.223. The van der Waals surface area contributed by atoms with E-state index in [1.54, 1.807) is 37.4 Å². The van der Waals surface area contributed by atoms with Gasteiger partial charge in [0, 0.05) is 30.2 Å². The molecule has 0 radical (unpaired) electrons. The monoisotopic (exact) mass is 481 g/mol. The number of ether oxygens (including phenoxy) is 1. The molecule has 36 heavy (non-hydrogen) atoms. The van der Waals surface area contributed by atoms with Crippen LogP contribution < -0.4 is 15.7 Å². The van der Waals surface area contributed by atoms with Crippen molar-refractivity contribution in [1.82, 2.24) is 4.57 Å². The number of benzene rings is 3. The van der Waals surface area contributed by atoms with Crippen molar-refractivity contribution in [3.63, 3.8) is 0 Å². The molecule has 0 saturated heterocycles. The maximum atomic E-state index is 13.4. The van der Waals surface area contributed by atoms with Crippen LogP contribution in [-0.2, 0) is 11.8 Å². The van der Waals surface area contributed by atoms with Gasteiger partial charge in [0.2, 0.25) is 5.75 Å². The van der Waals surface area contributed by atoms with Crippen LogP contribution in [0.15, 0.2) is 80.7 Å². The fraction of sp³-hybridized carbons (Fsp3) is 0.107. The van der Waals surface area contributed by atoms with Crippen LogP contribution in [0.3, 0.4) is 0 Å². The Balaban J connectivity index is 1.73. The number of pyridine rings is 1. The normalized spacial score (nSPS) is 15.1. The van der Waals surface area contributed by atoms with Crippen molar-refractivity contribution in [3.8, 4) is 28.6 Å². The Bertz CT molecular complexity index is 1830. The maximum Gasteiger partial charge on any atom is 0.312 e. The molecule has 0 spiro atoms. The molecule has 0 amide bonds. The van der Waals surface area contributed by atoms with Gasteiger partial charge in [0.25, 0.3) is 5.56 Å². The summed E-state index contributed by atoms with van der Waals surface area (Å²) in [5.74, 6) is -3.21. The quantitative estimate of drug-likeness (QED) is 0.221. The fourth-order valence-corrected chi connectivity index (χ4v) is 4.92. The number of carbonyl (C=O) groups is 1. The molecule has 3 heterocycles. The summed E-state index contributed by atoms with van der Waals surface area (Å²) in [6, 6.07) is 19.1. The molecule has 2 N–H and O–H groups in total. The summed E-state index contributed by atoms with van der Waals surface area (Å²) in [7, 11) is 1.64. The second kappa shape index (κ2) is 7.84. The lowest BCUT2D eigenvalue weighted by atomic mass is 9.84. The SMILES string of the molecule is Cn1c(=O)c(C2CC(=O)Oc3c(O)c(O)c4c(=O)cc(-c5ccccc5)oc4c32)cc2ccccc21. The van der Waals surface area contributed by atoms with Crippen molar-refractivity contribution >= 4 is 27.8 Å². The van der Waals surface area contributed by atoms with Gasteiger partial charge in [0.1, 0.15) is 16.7 Å². The summed E-state index contributed by atoms with van der Waals surface area (Å²) in [4.78, 5) is 39.2. The number of esters is 1. The first-order valence-corrected chi connectivity index (χ1v) is 11.3. The Morgan fingerprint density at radius 2 is 1.64 bits per heavy atom. The predicted molar refractivity (Wildman–Crippen MR) is 133 cm³/mol. The fourth-order valence-electron chi connectivity index (χ4n) is 4.92. The van der Waals surface area contributed by atoms with Crippen molar-refractivity contribution in [1.29, 1.82) is 0 Å². The number of para-hydroxylation sites is 1. The van der Waals surface area contributed by atoms with Crippen LogP contribution in [0.4, 0.5) is 0 Å². The van der Waals surface area contributed by atoms with E-state index >= 15 is 0 Å². The number of aryl methyl sites for hydroxylation is 1. The molecule has 0 bridgehead atoms. The van der Waals surface area contributed by atoms with Crippen LogP contribution in [0, 0.1) is 0 Å². The van der Waals surface area contributed by atoms with E-state index in [1.807, 2.05) is 30.3 Å². The van der Waals surface area contributed by atoms with E-state index in [4.69, 9.17) is 9.15 Å². The number of aromatic hydroxyl groups is 2. The molecule has 1 aliphatic rings. The molecule has 1 unspecified atom stereocenters. The van der Waals surface area contributed by atoms with E-state index in [-0.39, 0.29) is 45.6 Å². The molecule has 0 saturated carbocycles. The molecule has 2 aromatic heterocycles. The topological polar surface area (TPSA) is 119 Å². The van der Waals surface area contributed by atoms with Crippen LogP contribution in [0.2, 0.25) is 0 Å². The molecule has 178 valence electrons. The highest BCUT2D eigenvalue weighted by molar-refractivity contribution is 5.96. The summed E-state index contributed by atoms with van der Waals surface area (Å²) in [5, 5.41) is 21.9. The van der Waals surface area contributed by atoms with Gasteiger partial charge in [-0.15, -0.1) is 0 Å². The predicted octanol–water partition coefficient (Wildman–Crippen LogP) is 4.16. The van der Waals surface area contributed by atoms with Gasteiger partial charge < -0.3 is 23.9 Å². The van der Waals surface area contributed by atoms with Gasteiger partial charge in [-0.1, -0.05) is 48.5 Å². The number of aromatic nitrogens is 1. The van der Waals surface area contributed by atoms with Crippen molar-refractivity contribution < 1.29 is 24.2 Å². The largest absolute Gasteiger partial charge is 0.504 e. The zero-order chi connectivity index (χ0) is 25.1. The molecule has 6 rings (SSSR count). The average Bonchev–Trinajstić information content (AvgIpc) is 2.89. The van der Waals surface area contributed by atoms with Crippen molar-refractivity contribution in [3.05, 3.63) is 98.4 Å². The molecule has 8 heteroatoms. The second-order valence-corrected chi connectivity index (χ2v) is 8.74. The standard InChI is InChI=1S/C28H19NO7/c1-29-18-10-6-5-9-15(18)11-17(28(29)34)16-12-21(31)36-27-22(16)26-23(24(32)25(27)33)19(30)13-20(35-26)14-7-3-2-4-8-14/h2-11,13,16,32-33H,12H2,1H3. The molecule has 1 aliphatic heterocycles. The molecule has 3 aromatic carbocycles. The lowest BCUT2D eigenvalue weighted by Gasteiger charge is -2.27. The highest BCUT2D eigenvalue weighted by atomic mass is 16.5. The van der Waals surface area contributed by atoms with Gasteiger partial charge in [-0.2, -0.15) is 0 Å². The lowest BCUT2D eigenvalue weighted by Crippen LogP contribution is -2.29. The zero-order valence-corrected chi connectivity index (χ0v) is 19.0. The van der Waals surface area contributed by atoms with Gasteiger partial charge in [-0.25, -0.2) is 0 Å². The second-order valence-electron chi connectivity index (χ2n) is 8.74. The number of phenolic OH excluding ortho intramolecular Hbond substituents is 2. The van der Waals surface area contributed by atoms with E-state index < -0.39 is 28.8 Å². The minimum absolute atomic E-state index is 0.0561. The maximum absolute atomic E-state index is 13.4. The summed E-state index contributed by atoms with van der Waals surface area (Å²) >= 11 is 0. The van der Waals surface area contributed by atoms with Crippen molar-refractivity contribution in [2.75, 3.05) is 0 Å². The first-order valence-electron chi connectivity index (χ1n) is 11.3. The first kappa shape index (κ1) is 21.7. The third-order valence-corrected chi connectivity index (χ3v) is 6.64. The Hall–Kier alpha value is -4.85. The van der Waals surface area contributed by atoms with Crippen molar-refractivity contribution in [2.45, 2.75) is 12.3 Å². The molecule has 0 fully saturated rings. The Kier molecular flexibility index (Phi) is 4.72. The molecule has 8 nitrogen and oxygen atoms in total. The van der Waals surface area contributed by atoms with E-state index in [0.29, 0.717) is 11.1 Å². The van der Waals surface area contributed by atoms with E-state index in [1.165, 1.54) is 10.6 Å². The van der Waals surface area contributed by atoms with Gasteiger partial charge in [0.05, 0.1) is 17.5 Å². The minimum Gasteiger partial charge on any atom is -0.504 e. The first-order chi connectivity index (χ1) is 17.3. The van der Waals surface area contributed by atoms with E-state index in [9.17, 15) is 24.6 Å². The highest BCUT2D eigenvalue weighted by Crippen LogP contribution is 2.51. The number of hydrogen-bond acceptors (Lipinski definition) is 7. The van der Waals surface area contributed by atoms with Crippen LogP contribution in [-0.4, -0.2) is 20.7 Å². The van der Waals surface area contributed by atoms with Crippen LogP contribution in [0.1, 0.15) is 23.5 Å².